The third kappa shape index (κ3) is 7.81. The summed E-state index contributed by atoms with van der Waals surface area (Å²) in [7, 11) is 0. The Morgan fingerprint density at radius 1 is 0.932 bits per heavy atom. The van der Waals surface area contributed by atoms with Crippen molar-refractivity contribution in [3.8, 4) is 11.5 Å². The van der Waals surface area contributed by atoms with Crippen LogP contribution in [-0.4, -0.2) is 59.0 Å². The number of hydrogen-bond acceptors (Lipinski definition) is 8. The molecule has 3 aromatic rings. The van der Waals surface area contributed by atoms with E-state index in [4.69, 9.17) is 30.5 Å². The Hall–Kier alpha value is -5.60. The number of halogens is 3. The van der Waals surface area contributed by atoms with E-state index in [1.54, 1.807) is 54.6 Å². The second-order valence-electron chi connectivity index (χ2n) is 8.91. The van der Waals surface area contributed by atoms with E-state index in [-0.39, 0.29) is 17.0 Å². The lowest BCUT2D eigenvalue weighted by Gasteiger charge is -2.24. The average Bonchev–Trinajstić information content (AvgIpc) is 3.22. The van der Waals surface area contributed by atoms with Crippen LogP contribution < -0.4 is 25.9 Å². The quantitative estimate of drug-likeness (QED) is 0.128. The molecule has 0 aromatic heterocycles. The number of carboxylic acid groups (broad SMARTS) is 1. The standard InChI is InChI=1S/C27H27N5O5.C2HF3O2/c1-3-36-21-14-11-17(15-22(21)37-4-2)23(30-18-12-9-16(10-13-18)24(28)29)25(33)31-32-26(34)19-7-5-6-8-20(19)27(32)35;3-2(4,5)1(6)7/h5-15,23,30H,3-4H2,1-2H3,(H3,28,29)(H,31,33);(H,6,7). The van der Waals surface area contributed by atoms with E-state index in [0.29, 0.717) is 41.5 Å². The number of nitrogens with zero attached hydrogens (tertiary/aromatic N) is 1. The number of anilines is 1. The first-order chi connectivity index (χ1) is 20.8. The molecule has 0 spiro atoms. The maximum absolute atomic E-state index is 13.6. The molecule has 232 valence electrons. The van der Waals surface area contributed by atoms with Gasteiger partial charge in [0, 0.05) is 11.3 Å². The number of hydrazine groups is 1. The molecule has 3 amide bonds. The molecule has 44 heavy (non-hydrogen) atoms. The molecule has 0 radical (unpaired) electrons. The Kier molecular flexibility index (Phi) is 10.5. The van der Waals surface area contributed by atoms with E-state index in [9.17, 15) is 27.6 Å². The summed E-state index contributed by atoms with van der Waals surface area (Å²) < 4.78 is 43.1. The molecule has 0 saturated heterocycles. The highest BCUT2D eigenvalue weighted by Gasteiger charge is 2.39. The van der Waals surface area contributed by atoms with Gasteiger partial charge in [-0.1, -0.05) is 18.2 Å². The van der Waals surface area contributed by atoms with Crippen molar-refractivity contribution in [2.75, 3.05) is 18.5 Å². The van der Waals surface area contributed by atoms with Crippen LogP contribution in [-0.2, 0) is 9.59 Å². The number of amidine groups is 1. The van der Waals surface area contributed by atoms with Crippen LogP contribution in [0.15, 0.2) is 66.7 Å². The Balaban J connectivity index is 0.000000676. The number of nitrogens with two attached hydrogens (primary N) is 1. The smallest absolute Gasteiger partial charge is 0.490 e. The minimum atomic E-state index is -5.08. The normalized spacial score (nSPS) is 12.8. The van der Waals surface area contributed by atoms with Crippen molar-refractivity contribution in [2.45, 2.75) is 26.1 Å². The minimum Gasteiger partial charge on any atom is -0.490 e. The van der Waals surface area contributed by atoms with Gasteiger partial charge in [-0.3, -0.25) is 25.2 Å². The molecule has 1 heterocycles. The second kappa shape index (κ2) is 14.0. The first-order valence-corrected chi connectivity index (χ1v) is 13.0. The van der Waals surface area contributed by atoms with Crippen LogP contribution in [0.4, 0.5) is 18.9 Å². The molecule has 1 aliphatic rings. The molecule has 0 saturated carbocycles. The van der Waals surface area contributed by atoms with Crippen molar-refractivity contribution >= 4 is 35.2 Å². The number of carbonyl (C=O) groups is 4. The summed E-state index contributed by atoms with van der Waals surface area (Å²) in [6.07, 6.45) is -5.08. The predicted molar refractivity (Wildman–Crippen MR) is 151 cm³/mol. The van der Waals surface area contributed by atoms with E-state index in [0.717, 1.165) is 5.01 Å². The van der Waals surface area contributed by atoms with Crippen LogP contribution >= 0.6 is 0 Å². The molecule has 15 heteroatoms. The van der Waals surface area contributed by atoms with Gasteiger partial charge in [-0.25, -0.2) is 4.79 Å². The van der Waals surface area contributed by atoms with Crippen LogP contribution in [0.3, 0.4) is 0 Å². The maximum Gasteiger partial charge on any atom is 0.490 e. The van der Waals surface area contributed by atoms with Crippen LogP contribution in [0.25, 0.3) is 0 Å². The van der Waals surface area contributed by atoms with Gasteiger partial charge in [-0.05, 0) is 67.9 Å². The fourth-order valence-corrected chi connectivity index (χ4v) is 3.93. The van der Waals surface area contributed by atoms with Gasteiger partial charge in [0.25, 0.3) is 17.7 Å². The number of fused-ring (bicyclic) bond motifs is 1. The molecule has 1 unspecified atom stereocenters. The zero-order valence-electron chi connectivity index (χ0n) is 23.4. The zero-order valence-corrected chi connectivity index (χ0v) is 23.4. The molecule has 12 nitrogen and oxygen atoms in total. The number of amides is 3. The number of alkyl halides is 3. The number of imide groups is 1. The number of carbonyl (C=O) groups excluding carboxylic acids is 3. The first kappa shape index (κ1) is 32.9. The average molecular weight is 616 g/mol. The third-order valence-corrected chi connectivity index (χ3v) is 5.93. The minimum absolute atomic E-state index is 0.0839. The highest BCUT2D eigenvalue weighted by molar-refractivity contribution is 6.21. The number of ether oxygens (including phenoxy) is 2. The van der Waals surface area contributed by atoms with Crippen molar-refractivity contribution < 1.29 is 46.9 Å². The Bertz CT molecular complexity index is 1530. The number of nitrogens with one attached hydrogen (secondary N) is 3. The van der Waals surface area contributed by atoms with Gasteiger partial charge in [-0.15, -0.1) is 0 Å². The summed E-state index contributed by atoms with van der Waals surface area (Å²) >= 11 is 0. The van der Waals surface area contributed by atoms with Crippen LogP contribution in [0, 0.1) is 5.41 Å². The fourth-order valence-electron chi connectivity index (χ4n) is 3.93. The summed E-state index contributed by atoms with van der Waals surface area (Å²) in [4.78, 5) is 48.1. The number of nitrogen functional groups attached to an aromatic ring is 1. The Morgan fingerprint density at radius 3 is 1.93 bits per heavy atom. The third-order valence-electron chi connectivity index (χ3n) is 5.93. The molecule has 4 rings (SSSR count). The molecule has 0 aliphatic carbocycles. The molecule has 6 N–H and O–H groups in total. The SMILES string of the molecule is CCOc1ccc(C(Nc2ccc(C(=N)N)cc2)C(=O)NN2C(=O)c3ccccc3C2=O)cc1OCC.O=C(O)C(F)(F)F. The summed E-state index contributed by atoms with van der Waals surface area (Å²) in [5.74, 6) is -3.73. The summed E-state index contributed by atoms with van der Waals surface area (Å²) in [5.41, 5.74) is 10.0. The van der Waals surface area contributed by atoms with Gasteiger partial charge < -0.3 is 25.6 Å². The number of carboxylic acids is 1. The number of hydrogen-bond donors (Lipinski definition) is 5. The highest BCUT2D eigenvalue weighted by atomic mass is 19.4. The maximum atomic E-state index is 13.6. The van der Waals surface area contributed by atoms with Gasteiger partial charge in [0.1, 0.15) is 11.9 Å². The largest absolute Gasteiger partial charge is 0.490 e. The van der Waals surface area contributed by atoms with Crippen molar-refractivity contribution in [3.05, 3.63) is 89.0 Å². The van der Waals surface area contributed by atoms with E-state index >= 15 is 0 Å². The highest BCUT2D eigenvalue weighted by Crippen LogP contribution is 2.32. The fraction of sp³-hybridized carbons (Fsp3) is 0.207. The van der Waals surface area contributed by atoms with Crippen LogP contribution in [0.5, 0.6) is 11.5 Å². The molecular formula is C29H28F3N5O7. The summed E-state index contributed by atoms with van der Waals surface area (Å²) in [6, 6.07) is 17.1. The van der Waals surface area contributed by atoms with Crippen LogP contribution in [0.2, 0.25) is 0 Å². The Morgan fingerprint density at radius 2 is 1.45 bits per heavy atom. The van der Waals surface area contributed by atoms with E-state index < -0.39 is 35.9 Å². The van der Waals surface area contributed by atoms with Gasteiger partial charge in [0.2, 0.25) is 0 Å². The monoisotopic (exact) mass is 615 g/mol. The van der Waals surface area contributed by atoms with E-state index in [2.05, 4.69) is 10.7 Å². The van der Waals surface area contributed by atoms with Gasteiger partial charge >= 0.3 is 12.1 Å². The topological polar surface area (TPSA) is 184 Å². The van der Waals surface area contributed by atoms with Crippen molar-refractivity contribution in [1.82, 2.24) is 10.4 Å². The molecular weight excluding hydrogens is 587 g/mol. The lowest BCUT2D eigenvalue weighted by molar-refractivity contribution is -0.192. The number of aliphatic carboxylic acids is 1. The molecule has 1 atom stereocenters. The van der Waals surface area contributed by atoms with Gasteiger partial charge in [0.15, 0.2) is 11.5 Å². The summed E-state index contributed by atoms with van der Waals surface area (Å²) in [6.45, 7) is 4.51. The van der Waals surface area contributed by atoms with E-state index in [1.165, 1.54) is 12.1 Å². The van der Waals surface area contributed by atoms with Crippen molar-refractivity contribution in [3.63, 3.8) is 0 Å². The predicted octanol–water partition coefficient (Wildman–Crippen LogP) is 3.88. The van der Waals surface area contributed by atoms with Crippen molar-refractivity contribution in [1.29, 1.82) is 5.41 Å². The van der Waals surface area contributed by atoms with E-state index in [1.807, 2.05) is 13.8 Å². The molecule has 0 bridgehead atoms. The lowest BCUT2D eigenvalue weighted by Crippen LogP contribution is -2.48. The van der Waals surface area contributed by atoms with Crippen LogP contribution in [0.1, 0.15) is 51.7 Å². The second-order valence-corrected chi connectivity index (χ2v) is 8.91. The molecule has 1 aliphatic heterocycles. The zero-order chi connectivity index (χ0) is 32.6. The van der Waals surface area contributed by atoms with Gasteiger partial charge in [-0.2, -0.15) is 18.2 Å². The number of benzene rings is 3. The first-order valence-electron chi connectivity index (χ1n) is 13.0. The molecule has 0 fully saturated rings. The lowest BCUT2D eigenvalue weighted by atomic mass is 10.0. The van der Waals surface area contributed by atoms with Crippen molar-refractivity contribution in [2.24, 2.45) is 5.73 Å². The number of rotatable bonds is 10. The Labute approximate surface area is 249 Å². The van der Waals surface area contributed by atoms with Gasteiger partial charge in [0.05, 0.1) is 24.3 Å². The summed E-state index contributed by atoms with van der Waals surface area (Å²) in [5, 5.41) is 18.6. The molecule has 3 aromatic carbocycles.